The third kappa shape index (κ3) is 2.06. The molecule has 1 rings (SSSR count). The van der Waals surface area contributed by atoms with Crippen LogP contribution >= 0.6 is 0 Å². The maximum absolute atomic E-state index is 11.3. The molecule has 0 aromatic carbocycles. The van der Waals surface area contributed by atoms with Gasteiger partial charge in [0, 0.05) is 6.04 Å². The molecular formula is C9H15NO3. The molecule has 1 atom stereocenters. The molecule has 2 amide bonds. The van der Waals surface area contributed by atoms with Gasteiger partial charge in [-0.1, -0.05) is 13.8 Å². The minimum atomic E-state index is -0.225. The Kier molecular flexibility index (Phi) is 3.03. The summed E-state index contributed by atoms with van der Waals surface area (Å²) < 4.78 is 4.81. The molecule has 0 N–H and O–H groups in total. The molecule has 0 aromatic rings. The van der Waals surface area contributed by atoms with E-state index in [0.29, 0.717) is 0 Å². The Morgan fingerprint density at radius 1 is 1.15 bits per heavy atom. The van der Waals surface area contributed by atoms with Gasteiger partial charge in [0.15, 0.2) is 0 Å². The van der Waals surface area contributed by atoms with Gasteiger partial charge in [-0.15, -0.1) is 0 Å². The van der Waals surface area contributed by atoms with Gasteiger partial charge < -0.3 is 4.74 Å². The van der Waals surface area contributed by atoms with Gasteiger partial charge in [-0.3, -0.25) is 14.5 Å². The fourth-order valence-corrected chi connectivity index (χ4v) is 1.26. The van der Waals surface area contributed by atoms with E-state index in [4.69, 9.17) is 4.74 Å². The number of nitrogens with zero attached hydrogens (tertiary/aromatic N) is 1. The fourth-order valence-electron chi connectivity index (χ4n) is 1.26. The average Bonchev–Trinajstić information content (AvgIpc) is 2.03. The number of hydrogen-bond donors (Lipinski definition) is 0. The summed E-state index contributed by atoms with van der Waals surface area (Å²) >= 11 is 0. The van der Waals surface area contributed by atoms with Crippen LogP contribution in [-0.4, -0.2) is 36.0 Å². The van der Waals surface area contributed by atoms with Crippen LogP contribution in [0.2, 0.25) is 0 Å². The molecule has 74 valence electrons. The largest absolute Gasteiger partial charge is 0.362 e. The quantitative estimate of drug-likeness (QED) is 0.585. The van der Waals surface area contributed by atoms with Gasteiger partial charge in [-0.05, 0) is 12.8 Å². The molecule has 13 heavy (non-hydrogen) atoms. The summed E-state index contributed by atoms with van der Waals surface area (Å²) in [5.41, 5.74) is 0. The van der Waals surface area contributed by atoms with Crippen molar-refractivity contribution >= 4 is 11.8 Å². The number of ether oxygens (including phenoxy) is 1. The highest BCUT2D eigenvalue weighted by Gasteiger charge is 2.31. The zero-order valence-electron chi connectivity index (χ0n) is 8.24. The van der Waals surface area contributed by atoms with Crippen LogP contribution in [0.15, 0.2) is 0 Å². The summed E-state index contributed by atoms with van der Waals surface area (Å²) in [6, 6.07) is -0.0381. The lowest BCUT2D eigenvalue weighted by Gasteiger charge is -2.32. The van der Waals surface area contributed by atoms with Gasteiger partial charge in [0.25, 0.3) is 11.8 Å². The third-order valence-corrected chi connectivity index (χ3v) is 2.36. The van der Waals surface area contributed by atoms with Crippen LogP contribution in [0.3, 0.4) is 0 Å². The molecule has 1 unspecified atom stereocenters. The zero-order chi connectivity index (χ0) is 10.0. The van der Waals surface area contributed by atoms with E-state index in [1.54, 1.807) is 0 Å². The molecule has 4 heteroatoms. The molecule has 1 saturated heterocycles. The van der Waals surface area contributed by atoms with Gasteiger partial charge in [0.2, 0.25) is 0 Å². The molecular weight excluding hydrogens is 170 g/mol. The number of carbonyl (C=O) groups is 2. The Bertz CT molecular complexity index is 209. The van der Waals surface area contributed by atoms with Crippen LogP contribution in [0, 0.1) is 5.92 Å². The maximum atomic E-state index is 11.3. The molecule has 0 saturated carbocycles. The molecule has 0 aromatic heterocycles. The first-order chi connectivity index (χ1) is 6.04. The van der Waals surface area contributed by atoms with E-state index in [9.17, 15) is 9.59 Å². The Labute approximate surface area is 77.8 Å². The molecule has 0 bridgehead atoms. The predicted octanol–water partition coefficient (Wildman–Crippen LogP) is 0.416. The molecule has 1 heterocycles. The van der Waals surface area contributed by atoms with Crippen LogP contribution in [0.5, 0.6) is 0 Å². The van der Waals surface area contributed by atoms with Gasteiger partial charge in [0.05, 0.1) is 0 Å². The third-order valence-electron chi connectivity index (χ3n) is 2.36. The van der Waals surface area contributed by atoms with Crippen LogP contribution in [0.4, 0.5) is 0 Å². The average molecular weight is 185 g/mol. The summed E-state index contributed by atoms with van der Waals surface area (Å²) in [6.07, 6.45) is 0. The lowest BCUT2D eigenvalue weighted by atomic mass is 10.0. The maximum Gasteiger partial charge on any atom is 0.255 e. The van der Waals surface area contributed by atoms with Crippen molar-refractivity contribution < 1.29 is 14.3 Å². The molecule has 1 aliphatic rings. The summed E-state index contributed by atoms with van der Waals surface area (Å²) in [5.74, 6) is -0.166. The smallest absolute Gasteiger partial charge is 0.255 e. The second kappa shape index (κ2) is 3.87. The molecule has 0 aliphatic carbocycles. The van der Waals surface area contributed by atoms with Gasteiger partial charge in [-0.2, -0.15) is 0 Å². The number of hydrogen-bond acceptors (Lipinski definition) is 3. The SMILES string of the molecule is CC(C)C(C)N1C(=O)COCC1=O. The molecule has 1 aliphatic heterocycles. The topological polar surface area (TPSA) is 46.6 Å². The second-order valence-electron chi connectivity index (χ2n) is 3.63. The summed E-state index contributed by atoms with van der Waals surface area (Å²) in [5, 5.41) is 0. The van der Waals surface area contributed by atoms with E-state index < -0.39 is 0 Å². The van der Waals surface area contributed by atoms with Crippen molar-refractivity contribution in [2.75, 3.05) is 13.2 Å². The van der Waals surface area contributed by atoms with Crippen molar-refractivity contribution in [3.8, 4) is 0 Å². The fraction of sp³-hybridized carbons (Fsp3) is 0.778. The van der Waals surface area contributed by atoms with Crippen LogP contribution in [0.25, 0.3) is 0 Å². The van der Waals surface area contributed by atoms with Crippen molar-refractivity contribution in [3.63, 3.8) is 0 Å². The van der Waals surface area contributed by atoms with Crippen LogP contribution in [-0.2, 0) is 14.3 Å². The van der Waals surface area contributed by atoms with Crippen molar-refractivity contribution in [1.82, 2.24) is 4.90 Å². The first kappa shape index (κ1) is 10.2. The van der Waals surface area contributed by atoms with Crippen molar-refractivity contribution in [2.24, 2.45) is 5.92 Å². The number of amides is 2. The van der Waals surface area contributed by atoms with E-state index in [0.717, 1.165) is 0 Å². The Morgan fingerprint density at radius 2 is 1.62 bits per heavy atom. The zero-order valence-corrected chi connectivity index (χ0v) is 8.24. The van der Waals surface area contributed by atoms with Crippen LogP contribution in [0.1, 0.15) is 20.8 Å². The molecule has 0 spiro atoms. The van der Waals surface area contributed by atoms with E-state index in [2.05, 4.69) is 0 Å². The monoisotopic (exact) mass is 185 g/mol. The summed E-state index contributed by atoms with van der Waals surface area (Å²) in [4.78, 5) is 24.0. The van der Waals surface area contributed by atoms with Gasteiger partial charge in [0.1, 0.15) is 13.2 Å². The minimum Gasteiger partial charge on any atom is -0.362 e. The normalized spacial score (nSPS) is 21.1. The highest BCUT2D eigenvalue weighted by Crippen LogP contribution is 2.13. The highest BCUT2D eigenvalue weighted by atomic mass is 16.5. The predicted molar refractivity (Wildman–Crippen MR) is 47.0 cm³/mol. The number of rotatable bonds is 2. The molecule has 0 radical (unpaired) electrons. The lowest BCUT2D eigenvalue weighted by molar-refractivity contribution is -0.162. The standard InChI is InChI=1S/C9H15NO3/c1-6(2)7(3)10-8(11)4-13-5-9(10)12/h6-7H,4-5H2,1-3H3. The van der Waals surface area contributed by atoms with Gasteiger partial charge in [-0.25, -0.2) is 0 Å². The Morgan fingerprint density at radius 3 is 2.00 bits per heavy atom. The summed E-state index contributed by atoms with van der Waals surface area (Å²) in [6.45, 7) is 5.92. The number of imide groups is 1. The first-order valence-electron chi connectivity index (χ1n) is 4.46. The minimum absolute atomic E-state index is 0.0306. The van der Waals surface area contributed by atoms with Crippen LogP contribution < -0.4 is 0 Å². The van der Waals surface area contributed by atoms with Gasteiger partial charge >= 0.3 is 0 Å². The highest BCUT2D eigenvalue weighted by molar-refractivity contribution is 5.98. The van der Waals surface area contributed by atoms with Crippen molar-refractivity contribution in [3.05, 3.63) is 0 Å². The van der Waals surface area contributed by atoms with Crippen molar-refractivity contribution in [2.45, 2.75) is 26.8 Å². The molecule has 4 nitrogen and oxygen atoms in total. The summed E-state index contributed by atoms with van der Waals surface area (Å²) in [7, 11) is 0. The van der Waals surface area contributed by atoms with E-state index >= 15 is 0 Å². The van der Waals surface area contributed by atoms with E-state index in [1.807, 2.05) is 20.8 Å². The Hall–Kier alpha value is -0.900. The lowest BCUT2D eigenvalue weighted by Crippen LogP contribution is -2.52. The Balaban J connectivity index is 2.74. The van der Waals surface area contributed by atoms with Crippen molar-refractivity contribution in [1.29, 1.82) is 0 Å². The van der Waals surface area contributed by atoms with E-state index in [1.165, 1.54) is 4.90 Å². The van der Waals surface area contributed by atoms with E-state index in [-0.39, 0.29) is 37.0 Å². The second-order valence-corrected chi connectivity index (χ2v) is 3.63. The first-order valence-corrected chi connectivity index (χ1v) is 4.46. The molecule has 1 fully saturated rings. The number of carbonyl (C=O) groups excluding carboxylic acids is 2. The number of morpholine rings is 1.